The number of nitrogens with one attached hydrogen (secondary N) is 2. The number of guanidine groups is 1. The fraction of sp³-hybridized carbons (Fsp3) is 0.789. The summed E-state index contributed by atoms with van der Waals surface area (Å²) in [6.45, 7) is 4.53. The largest absolute Gasteiger partial charge is 0.356 e. The second kappa shape index (κ2) is 7.86. The third-order valence-corrected chi connectivity index (χ3v) is 6.19. The number of hydrogen-bond acceptors (Lipinski definition) is 4. The number of aromatic nitrogens is 3. The number of likely N-dealkylation sites (tertiary alicyclic amines) is 1. The average Bonchev–Trinajstić information content (AvgIpc) is 3.12. The molecule has 1 unspecified atom stereocenters. The molecule has 0 saturated carbocycles. The summed E-state index contributed by atoms with van der Waals surface area (Å²) in [5.74, 6) is 3.34. The molecule has 2 N–H and O–H groups in total. The predicted molar refractivity (Wildman–Crippen MR) is 104 cm³/mol. The lowest BCUT2D eigenvalue weighted by Gasteiger charge is -2.40. The molecule has 0 aliphatic carbocycles. The van der Waals surface area contributed by atoms with E-state index in [4.69, 9.17) is 0 Å². The van der Waals surface area contributed by atoms with Gasteiger partial charge in [-0.2, -0.15) is 0 Å². The number of hydrogen-bond donors (Lipinski definition) is 2. The number of nitrogens with zero attached hydrogens (tertiary/aromatic N) is 5. The Morgan fingerprint density at radius 2 is 2.19 bits per heavy atom. The molecule has 1 atom stereocenters. The first-order valence-electron chi connectivity index (χ1n) is 10.3. The van der Waals surface area contributed by atoms with E-state index in [1.54, 1.807) is 0 Å². The molecular formula is C19H31N7O. The highest BCUT2D eigenvalue weighted by molar-refractivity contribution is 5.81. The van der Waals surface area contributed by atoms with Crippen molar-refractivity contribution in [3.05, 3.63) is 11.6 Å². The Bertz CT molecular complexity index is 713. The van der Waals surface area contributed by atoms with Gasteiger partial charge in [0.25, 0.3) is 0 Å². The zero-order chi connectivity index (χ0) is 18.7. The van der Waals surface area contributed by atoms with E-state index in [0.29, 0.717) is 6.42 Å². The second-order valence-corrected chi connectivity index (χ2v) is 8.20. The van der Waals surface area contributed by atoms with Gasteiger partial charge in [0.1, 0.15) is 11.6 Å². The molecule has 148 valence electrons. The van der Waals surface area contributed by atoms with Crippen molar-refractivity contribution in [1.82, 2.24) is 30.3 Å². The van der Waals surface area contributed by atoms with Crippen LogP contribution in [0, 0.1) is 5.41 Å². The van der Waals surface area contributed by atoms with Gasteiger partial charge in [-0.15, -0.1) is 10.2 Å². The quantitative estimate of drug-likeness (QED) is 0.602. The van der Waals surface area contributed by atoms with Gasteiger partial charge < -0.3 is 20.1 Å². The molecule has 8 heteroatoms. The number of aryl methyl sites for hydroxylation is 1. The van der Waals surface area contributed by atoms with Crippen LogP contribution in [-0.4, -0.2) is 64.8 Å². The summed E-state index contributed by atoms with van der Waals surface area (Å²) < 4.78 is 2.31. The lowest BCUT2D eigenvalue weighted by molar-refractivity contribution is -0.119. The Balaban J connectivity index is 1.33. The molecule has 0 bridgehead atoms. The van der Waals surface area contributed by atoms with E-state index in [1.165, 1.54) is 19.3 Å². The number of rotatable bonds is 3. The van der Waals surface area contributed by atoms with Gasteiger partial charge >= 0.3 is 0 Å². The third kappa shape index (κ3) is 3.94. The number of fused-ring (bicyclic) bond motifs is 1. The summed E-state index contributed by atoms with van der Waals surface area (Å²) in [6, 6.07) is 0. The minimum absolute atomic E-state index is 0.0806. The Labute approximate surface area is 160 Å². The minimum atomic E-state index is 0.0806. The standard InChI is InChI=1S/C19H31N7O/c1-20-18(25-10-5-8-19(14-25)12-17(27)22-13-19)21-9-7-16-24-23-15-6-3-2-4-11-26(15)16/h2-14H2,1H3,(H,20,21)(H,22,27). The van der Waals surface area contributed by atoms with Gasteiger partial charge in [0.2, 0.25) is 5.91 Å². The van der Waals surface area contributed by atoms with E-state index >= 15 is 0 Å². The van der Waals surface area contributed by atoms with Crippen LogP contribution in [0.5, 0.6) is 0 Å². The molecule has 1 aromatic heterocycles. The molecule has 2 fully saturated rings. The summed E-state index contributed by atoms with van der Waals surface area (Å²) >= 11 is 0. The van der Waals surface area contributed by atoms with Crippen LogP contribution in [-0.2, 0) is 24.2 Å². The molecule has 4 rings (SSSR count). The van der Waals surface area contributed by atoms with Gasteiger partial charge in [-0.1, -0.05) is 6.42 Å². The molecule has 1 spiro atoms. The summed E-state index contributed by atoms with van der Waals surface area (Å²) in [5, 5.41) is 15.3. The normalized spacial score (nSPS) is 26.0. The molecule has 4 heterocycles. The topological polar surface area (TPSA) is 87.4 Å². The third-order valence-electron chi connectivity index (χ3n) is 6.19. The summed E-state index contributed by atoms with van der Waals surface area (Å²) in [5.41, 5.74) is 0.0806. The summed E-state index contributed by atoms with van der Waals surface area (Å²) in [4.78, 5) is 18.5. The first-order valence-corrected chi connectivity index (χ1v) is 10.3. The lowest BCUT2D eigenvalue weighted by Crippen LogP contribution is -2.51. The van der Waals surface area contributed by atoms with Crippen LogP contribution < -0.4 is 10.6 Å². The fourth-order valence-corrected chi connectivity index (χ4v) is 4.78. The highest BCUT2D eigenvalue weighted by atomic mass is 16.1. The van der Waals surface area contributed by atoms with Gasteiger partial charge in [0, 0.05) is 64.4 Å². The first-order chi connectivity index (χ1) is 13.2. The smallest absolute Gasteiger partial charge is 0.220 e. The maximum Gasteiger partial charge on any atom is 0.220 e. The number of piperidine rings is 1. The Hall–Kier alpha value is -2.12. The number of carbonyl (C=O) groups is 1. The average molecular weight is 374 g/mol. The second-order valence-electron chi connectivity index (χ2n) is 8.20. The van der Waals surface area contributed by atoms with E-state index in [9.17, 15) is 4.79 Å². The van der Waals surface area contributed by atoms with E-state index in [1.807, 2.05) is 7.05 Å². The molecule has 1 aromatic rings. The van der Waals surface area contributed by atoms with E-state index < -0.39 is 0 Å². The highest BCUT2D eigenvalue weighted by Gasteiger charge is 2.42. The van der Waals surface area contributed by atoms with Crippen molar-refractivity contribution in [2.24, 2.45) is 10.4 Å². The van der Waals surface area contributed by atoms with Gasteiger partial charge in [-0.25, -0.2) is 0 Å². The van der Waals surface area contributed by atoms with Crippen molar-refractivity contribution in [3.8, 4) is 0 Å². The number of aliphatic imine (C=N–C) groups is 1. The molecular weight excluding hydrogens is 342 g/mol. The van der Waals surface area contributed by atoms with Crippen molar-refractivity contribution in [1.29, 1.82) is 0 Å². The zero-order valence-electron chi connectivity index (χ0n) is 16.3. The monoisotopic (exact) mass is 373 g/mol. The molecule has 0 radical (unpaired) electrons. The van der Waals surface area contributed by atoms with Crippen LogP contribution in [0.25, 0.3) is 0 Å². The van der Waals surface area contributed by atoms with Crippen LogP contribution in [0.15, 0.2) is 4.99 Å². The van der Waals surface area contributed by atoms with Crippen molar-refractivity contribution in [2.45, 2.75) is 57.9 Å². The predicted octanol–water partition coefficient (Wildman–Crippen LogP) is 0.725. The highest BCUT2D eigenvalue weighted by Crippen LogP contribution is 2.35. The van der Waals surface area contributed by atoms with Crippen LogP contribution >= 0.6 is 0 Å². The van der Waals surface area contributed by atoms with Crippen LogP contribution in [0.1, 0.15) is 50.2 Å². The molecule has 1 amide bonds. The first kappa shape index (κ1) is 18.3. The van der Waals surface area contributed by atoms with Crippen LogP contribution in [0.2, 0.25) is 0 Å². The fourth-order valence-electron chi connectivity index (χ4n) is 4.78. The Morgan fingerprint density at radius 3 is 3.00 bits per heavy atom. The van der Waals surface area contributed by atoms with E-state index in [0.717, 1.165) is 76.0 Å². The minimum Gasteiger partial charge on any atom is -0.356 e. The lowest BCUT2D eigenvalue weighted by atomic mass is 9.79. The maximum atomic E-state index is 11.7. The molecule has 0 aromatic carbocycles. The van der Waals surface area contributed by atoms with Crippen molar-refractivity contribution >= 4 is 11.9 Å². The van der Waals surface area contributed by atoms with Gasteiger partial charge in [0.15, 0.2) is 5.96 Å². The Morgan fingerprint density at radius 1 is 1.26 bits per heavy atom. The van der Waals surface area contributed by atoms with Crippen LogP contribution in [0.4, 0.5) is 0 Å². The Kier molecular flexibility index (Phi) is 5.31. The summed E-state index contributed by atoms with van der Waals surface area (Å²) in [7, 11) is 1.84. The SMILES string of the molecule is CN=C(NCCc1nnc2n1CCCCC2)N1CCCC2(CNC(=O)C2)C1. The number of carbonyl (C=O) groups excluding carboxylic acids is 1. The molecule has 2 saturated heterocycles. The molecule has 3 aliphatic rings. The van der Waals surface area contributed by atoms with Gasteiger partial charge in [-0.3, -0.25) is 9.79 Å². The molecule has 27 heavy (non-hydrogen) atoms. The zero-order valence-corrected chi connectivity index (χ0v) is 16.3. The van der Waals surface area contributed by atoms with Crippen molar-refractivity contribution in [2.75, 3.05) is 33.2 Å². The number of amides is 1. The van der Waals surface area contributed by atoms with E-state index in [-0.39, 0.29) is 11.3 Å². The summed E-state index contributed by atoms with van der Waals surface area (Å²) in [6.07, 6.45) is 8.48. The van der Waals surface area contributed by atoms with Gasteiger partial charge in [0.05, 0.1) is 0 Å². The maximum absolute atomic E-state index is 11.7. The van der Waals surface area contributed by atoms with E-state index in [2.05, 4.69) is 35.3 Å². The van der Waals surface area contributed by atoms with Gasteiger partial charge in [-0.05, 0) is 25.7 Å². The molecule has 8 nitrogen and oxygen atoms in total. The van der Waals surface area contributed by atoms with Crippen molar-refractivity contribution in [3.63, 3.8) is 0 Å². The van der Waals surface area contributed by atoms with Crippen molar-refractivity contribution < 1.29 is 4.79 Å². The van der Waals surface area contributed by atoms with Crippen LogP contribution in [0.3, 0.4) is 0 Å². The molecule has 3 aliphatic heterocycles.